The first kappa shape index (κ1) is 13.8. The number of carboxylic acid groups (broad SMARTS) is 1. The van der Waals surface area contributed by atoms with Crippen LogP contribution in [0.1, 0.15) is 20.7 Å². The molecule has 0 bridgehead atoms. The van der Waals surface area contributed by atoms with E-state index in [4.69, 9.17) is 9.84 Å². The lowest BCUT2D eigenvalue weighted by Gasteiger charge is -2.15. The van der Waals surface area contributed by atoms with E-state index in [2.05, 4.69) is 0 Å². The maximum absolute atomic E-state index is 12.4. The van der Waals surface area contributed by atoms with Gasteiger partial charge in [-0.15, -0.1) is 0 Å². The molecule has 0 spiro atoms. The summed E-state index contributed by atoms with van der Waals surface area (Å²) in [7, 11) is 0. The molecule has 0 saturated carbocycles. The maximum Gasteiger partial charge on any atom is 0.341 e. The Labute approximate surface area is 125 Å². The second kappa shape index (κ2) is 5.33. The number of carbonyl (C=O) groups excluding carboxylic acids is 2. The smallest absolute Gasteiger partial charge is 0.341 e. The number of hydrogen-bond donors (Lipinski definition) is 1. The summed E-state index contributed by atoms with van der Waals surface area (Å²) in [6.45, 7) is -0.494. The van der Waals surface area contributed by atoms with Gasteiger partial charge in [0.1, 0.15) is 5.75 Å². The molecule has 2 amide bonds. The summed E-state index contributed by atoms with van der Waals surface area (Å²) in [6.07, 6.45) is 0. The lowest BCUT2D eigenvalue weighted by atomic mass is 10.1. The van der Waals surface area contributed by atoms with Gasteiger partial charge in [0.2, 0.25) is 0 Å². The van der Waals surface area contributed by atoms with Gasteiger partial charge in [0.15, 0.2) is 6.61 Å². The minimum atomic E-state index is -1.11. The van der Waals surface area contributed by atoms with Crippen LogP contribution in [0, 0.1) is 0 Å². The number of ether oxygens (including phenoxy) is 1. The molecule has 2 aromatic rings. The number of nitrogens with zero attached hydrogens (tertiary/aromatic N) is 1. The summed E-state index contributed by atoms with van der Waals surface area (Å²) in [5.74, 6) is -1.64. The van der Waals surface area contributed by atoms with Crippen molar-refractivity contribution in [2.75, 3.05) is 11.5 Å². The van der Waals surface area contributed by atoms with Crippen molar-refractivity contribution in [2.45, 2.75) is 0 Å². The van der Waals surface area contributed by atoms with E-state index in [0.717, 1.165) is 4.90 Å². The second-order valence-corrected chi connectivity index (χ2v) is 4.67. The van der Waals surface area contributed by atoms with E-state index in [-0.39, 0.29) is 5.75 Å². The number of anilines is 1. The van der Waals surface area contributed by atoms with Crippen molar-refractivity contribution in [3.63, 3.8) is 0 Å². The molecule has 0 atom stereocenters. The number of fused-ring (bicyclic) bond motifs is 1. The summed E-state index contributed by atoms with van der Waals surface area (Å²) in [5.41, 5.74) is 1.04. The van der Waals surface area contributed by atoms with E-state index in [1.165, 1.54) is 6.07 Å². The molecule has 6 nitrogen and oxygen atoms in total. The number of carbonyl (C=O) groups is 3. The van der Waals surface area contributed by atoms with Crippen LogP contribution in [0.25, 0.3) is 0 Å². The highest BCUT2D eigenvalue weighted by atomic mass is 16.5. The molecule has 1 N–H and O–H groups in total. The summed E-state index contributed by atoms with van der Waals surface area (Å²) in [6, 6.07) is 12.8. The number of carboxylic acids is 1. The topological polar surface area (TPSA) is 83.9 Å². The molecule has 6 heteroatoms. The van der Waals surface area contributed by atoms with E-state index in [0.29, 0.717) is 16.8 Å². The molecule has 110 valence electrons. The zero-order valence-corrected chi connectivity index (χ0v) is 11.4. The zero-order chi connectivity index (χ0) is 15.7. The average Bonchev–Trinajstić information content (AvgIpc) is 2.78. The monoisotopic (exact) mass is 297 g/mol. The van der Waals surface area contributed by atoms with Gasteiger partial charge in [-0.25, -0.2) is 9.69 Å². The van der Waals surface area contributed by atoms with E-state index >= 15 is 0 Å². The molecule has 0 unspecified atom stereocenters. The van der Waals surface area contributed by atoms with Crippen molar-refractivity contribution in [3.05, 3.63) is 59.7 Å². The molecule has 0 saturated heterocycles. The fourth-order valence-corrected chi connectivity index (χ4v) is 2.28. The normalized spacial score (nSPS) is 13.2. The van der Waals surface area contributed by atoms with E-state index < -0.39 is 24.4 Å². The average molecular weight is 297 g/mol. The van der Waals surface area contributed by atoms with Gasteiger partial charge in [0, 0.05) is 6.07 Å². The van der Waals surface area contributed by atoms with E-state index in [1.54, 1.807) is 42.5 Å². The highest BCUT2D eigenvalue weighted by molar-refractivity contribution is 6.34. The molecule has 2 aromatic carbocycles. The van der Waals surface area contributed by atoms with Gasteiger partial charge in [-0.1, -0.05) is 18.2 Å². The standard InChI is InChI=1S/C16H11NO5/c18-14(19)9-22-11-5-3-4-10(8-11)17-15(20)12-6-1-2-7-13(12)16(17)21/h1-8H,9H2,(H,18,19). The first-order valence-corrected chi connectivity index (χ1v) is 6.50. The summed E-state index contributed by atoms with van der Waals surface area (Å²) in [4.78, 5) is 36.3. The molecule has 1 aliphatic rings. The lowest BCUT2D eigenvalue weighted by Crippen LogP contribution is -2.29. The fraction of sp³-hybridized carbons (Fsp3) is 0.0625. The first-order valence-electron chi connectivity index (χ1n) is 6.50. The Morgan fingerprint density at radius 1 is 1.00 bits per heavy atom. The molecule has 1 heterocycles. The Hall–Kier alpha value is -3.15. The van der Waals surface area contributed by atoms with Crippen molar-refractivity contribution in [3.8, 4) is 5.75 Å². The Balaban J connectivity index is 1.92. The van der Waals surface area contributed by atoms with Gasteiger partial charge in [-0.05, 0) is 24.3 Å². The van der Waals surface area contributed by atoms with Crippen LogP contribution in [-0.4, -0.2) is 29.5 Å². The number of amides is 2. The van der Waals surface area contributed by atoms with Crippen LogP contribution in [0.2, 0.25) is 0 Å². The van der Waals surface area contributed by atoms with Gasteiger partial charge >= 0.3 is 5.97 Å². The van der Waals surface area contributed by atoms with Crippen LogP contribution in [0.5, 0.6) is 5.75 Å². The number of rotatable bonds is 4. The lowest BCUT2D eigenvalue weighted by molar-refractivity contribution is -0.139. The van der Waals surface area contributed by atoms with Crippen LogP contribution < -0.4 is 9.64 Å². The zero-order valence-electron chi connectivity index (χ0n) is 11.4. The number of imide groups is 1. The Bertz CT molecular complexity index is 749. The Kier molecular flexibility index (Phi) is 3.34. The van der Waals surface area contributed by atoms with Crippen LogP contribution in [-0.2, 0) is 4.79 Å². The molecular formula is C16H11NO5. The van der Waals surface area contributed by atoms with Crippen molar-refractivity contribution in [1.82, 2.24) is 0 Å². The third-order valence-electron chi connectivity index (χ3n) is 3.23. The Morgan fingerprint density at radius 3 is 2.23 bits per heavy atom. The third kappa shape index (κ3) is 2.31. The van der Waals surface area contributed by atoms with Crippen LogP contribution in [0.3, 0.4) is 0 Å². The van der Waals surface area contributed by atoms with E-state index in [9.17, 15) is 14.4 Å². The van der Waals surface area contributed by atoms with Gasteiger partial charge < -0.3 is 9.84 Å². The molecule has 0 aliphatic carbocycles. The second-order valence-electron chi connectivity index (χ2n) is 4.67. The van der Waals surface area contributed by atoms with Crippen molar-refractivity contribution in [1.29, 1.82) is 0 Å². The van der Waals surface area contributed by atoms with Crippen molar-refractivity contribution < 1.29 is 24.2 Å². The van der Waals surface area contributed by atoms with Crippen LogP contribution >= 0.6 is 0 Å². The van der Waals surface area contributed by atoms with Gasteiger partial charge in [0.05, 0.1) is 16.8 Å². The van der Waals surface area contributed by atoms with Gasteiger partial charge in [-0.3, -0.25) is 9.59 Å². The maximum atomic E-state index is 12.4. The quantitative estimate of drug-likeness (QED) is 0.872. The predicted molar refractivity (Wildman–Crippen MR) is 77.2 cm³/mol. The van der Waals surface area contributed by atoms with Crippen LogP contribution in [0.4, 0.5) is 5.69 Å². The summed E-state index contributed by atoms with van der Waals surface area (Å²) < 4.78 is 5.07. The highest BCUT2D eigenvalue weighted by Gasteiger charge is 2.36. The highest BCUT2D eigenvalue weighted by Crippen LogP contribution is 2.30. The minimum Gasteiger partial charge on any atom is -0.482 e. The van der Waals surface area contributed by atoms with Gasteiger partial charge in [0.25, 0.3) is 11.8 Å². The summed E-state index contributed by atoms with van der Waals surface area (Å²) >= 11 is 0. The van der Waals surface area contributed by atoms with Crippen molar-refractivity contribution >= 4 is 23.5 Å². The van der Waals surface area contributed by atoms with E-state index in [1.807, 2.05) is 0 Å². The summed E-state index contributed by atoms with van der Waals surface area (Å²) in [5, 5.41) is 8.61. The molecule has 1 aliphatic heterocycles. The number of aliphatic carboxylic acids is 1. The number of benzene rings is 2. The third-order valence-corrected chi connectivity index (χ3v) is 3.23. The Morgan fingerprint density at radius 2 is 1.64 bits per heavy atom. The molecule has 0 aromatic heterocycles. The fourth-order valence-electron chi connectivity index (χ4n) is 2.28. The first-order chi connectivity index (χ1) is 10.6. The van der Waals surface area contributed by atoms with Gasteiger partial charge in [-0.2, -0.15) is 0 Å². The predicted octanol–water partition coefficient (Wildman–Crippen LogP) is 1.95. The molecule has 0 fully saturated rings. The van der Waals surface area contributed by atoms with Crippen molar-refractivity contribution in [2.24, 2.45) is 0 Å². The largest absolute Gasteiger partial charge is 0.482 e. The molecular weight excluding hydrogens is 286 g/mol. The van der Waals surface area contributed by atoms with Crippen LogP contribution in [0.15, 0.2) is 48.5 Å². The minimum absolute atomic E-state index is 0.274. The molecule has 3 rings (SSSR count). The number of hydrogen-bond acceptors (Lipinski definition) is 4. The SMILES string of the molecule is O=C(O)COc1cccc(N2C(=O)c3ccccc3C2=O)c1. The molecule has 0 radical (unpaired) electrons. The molecule has 22 heavy (non-hydrogen) atoms.